The number of rotatable bonds is 7. The highest BCUT2D eigenvalue weighted by Gasteiger charge is 2.38. The Hall–Kier alpha value is -3.76. The Morgan fingerprint density at radius 1 is 1.10 bits per heavy atom. The van der Waals surface area contributed by atoms with Crippen LogP contribution in [-0.2, 0) is 17.5 Å². The van der Waals surface area contributed by atoms with Gasteiger partial charge in [-0.15, -0.1) is 0 Å². The number of ether oxygens (including phenoxy) is 3. The number of hydrogen-bond acceptors (Lipinski definition) is 6. The molecule has 3 rings (SSSR count). The fourth-order valence-corrected chi connectivity index (χ4v) is 3.03. The van der Waals surface area contributed by atoms with E-state index in [9.17, 15) is 18.0 Å². The van der Waals surface area contributed by atoms with Gasteiger partial charge >= 0.3 is 6.18 Å². The number of para-hydroxylation sites is 2. The molecule has 0 bridgehead atoms. The molecule has 0 aliphatic rings. The normalized spacial score (nSPS) is 11.7. The van der Waals surface area contributed by atoms with Gasteiger partial charge in [0.2, 0.25) is 11.6 Å². The Morgan fingerprint density at radius 2 is 1.81 bits per heavy atom. The van der Waals surface area contributed by atoms with Gasteiger partial charge in [-0.25, -0.2) is 10.4 Å². The summed E-state index contributed by atoms with van der Waals surface area (Å²) in [7, 11) is 4.34. The average molecular weight is 436 g/mol. The van der Waals surface area contributed by atoms with Crippen molar-refractivity contribution in [1.82, 2.24) is 15.0 Å². The molecule has 1 amide bonds. The van der Waals surface area contributed by atoms with Crippen molar-refractivity contribution in [2.75, 3.05) is 21.3 Å². The van der Waals surface area contributed by atoms with Crippen LogP contribution in [0.1, 0.15) is 11.4 Å². The minimum Gasteiger partial charge on any atom is -0.493 e. The molecule has 0 saturated carbocycles. The molecule has 164 valence electrons. The lowest BCUT2D eigenvalue weighted by Gasteiger charge is -2.13. The van der Waals surface area contributed by atoms with Crippen molar-refractivity contribution >= 4 is 23.2 Å². The van der Waals surface area contributed by atoms with E-state index >= 15 is 0 Å². The number of nitrogens with zero attached hydrogens (tertiary/aromatic N) is 3. The molecule has 8 nitrogen and oxygen atoms in total. The first-order valence-electron chi connectivity index (χ1n) is 8.93. The zero-order valence-electron chi connectivity index (χ0n) is 16.9. The maximum absolute atomic E-state index is 13.3. The third-order valence-electron chi connectivity index (χ3n) is 4.34. The number of carbonyl (C=O) groups is 1. The van der Waals surface area contributed by atoms with E-state index in [2.05, 4.69) is 15.5 Å². The van der Waals surface area contributed by atoms with Gasteiger partial charge in [0.25, 0.3) is 5.91 Å². The Balaban J connectivity index is 1.81. The molecular weight excluding hydrogens is 417 g/mol. The minimum atomic E-state index is -4.71. The second-order valence-electron chi connectivity index (χ2n) is 6.22. The lowest BCUT2D eigenvalue weighted by Crippen LogP contribution is -2.26. The highest BCUT2D eigenvalue weighted by molar-refractivity contribution is 5.87. The maximum atomic E-state index is 13.3. The third kappa shape index (κ3) is 4.55. The maximum Gasteiger partial charge on any atom is 0.449 e. The standard InChI is InChI=1S/C20H19F3N4O4/c1-29-15-9-8-12(17(30-2)18(15)31-3)10-24-26-16(28)11-27-14-7-5-4-6-13(14)25-19(27)20(21,22)23/h4-10H,11H2,1-3H3,(H,26,28). The summed E-state index contributed by atoms with van der Waals surface area (Å²) in [6, 6.07) is 9.29. The van der Waals surface area contributed by atoms with Crippen molar-refractivity contribution in [2.45, 2.75) is 12.7 Å². The van der Waals surface area contributed by atoms with E-state index in [-0.39, 0.29) is 11.0 Å². The molecule has 31 heavy (non-hydrogen) atoms. The van der Waals surface area contributed by atoms with Gasteiger partial charge in [0.15, 0.2) is 11.5 Å². The molecule has 0 radical (unpaired) electrons. The van der Waals surface area contributed by atoms with Crippen molar-refractivity contribution in [3.8, 4) is 17.2 Å². The van der Waals surface area contributed by atoms with Crippen LogP contribution in [-0.4, -0.2) is 43.0 Å². The summed E-state index contributed by atoms with van der Waals surface area (Å²) in [5, 5.41) is 3.82. The fraction of sp³-hybridized carbons (Fsp3) is 0.250. The van der Waals surface area contributed by atoms with E-state index in [0.29, 0.717) is 22.8 Å². The van der Waals surface area contributed by atoms with E-state index in [1.165, 1.54) is 39.7 Å². The van der Waals surface area contributed by atoms with Crippen LogP contribution in [0.2, 0.25) is 0 Å². The molecule has 0 spiro atoms. The summed E-state index contributed by atoms with van der Waals surface area (Å²) in [6.07, 6.45) is -3.43. The SMILES string of the molecule is COc1ccc(C=NNC(=O)Cn2c(C(F)(F)F)nc3ccccc32)c(OC)c1OC. The second kappa shape index (κ2) is 8.94. The fourth-order valence-electron chi connectivity index (χ4n) is 3.03. The summed E-state index contributed by atoms with van der Waals surface area (Å²) >= 11 is 0. The number of alkyl halides is 3. The molecular formula is C20H19F3N4O4. The van der Waals surface area contributed by atoms with Crippen LogP contribution in [0.15, 0.2) is 41.5 Å². The average Bonchev–Trinajstić information content (AvgIpc) is 3.12. The van der Waals surface area contributed by atoms with Crippen molar-refractivity contribution in [2.24, 2.45) is 5.10 Å². The summed E-state index contributed by atoms with van der Waals surface area (Å²) < 4.78 is 56.6. The van der Waals surface area contributed by atoms with Crippen LogP contribution in [0.3, 0.4) is 0 Å². The largest absolute Gasteiger partial charge is 0.493 e. The number of imidazole rings is 1. The first kappa shape index (κ1) is 21.9. The van der Waals surface area contributed by atoms with Gasteiger partial charge in [-0.3, -0.25) is 4.79 Å². The van der Waals surface area contributed by atoms with Gasteiger partial charge in [0.05, 0.1) is 38.6 Å². The van der Waals surface area contributed by atoms with Crippen molar-refractivity contribution in [1.29, 1.82) is 0 Å². The Kier molecular flexibility index (Phi) is 6.33. The van der Waals surface area contributed by atoms with Crippen molar-refractivity contribution < 1.29 is 32.2 Å². The number of halogens is 3. The molecule has 1 N–H and O–H groups in total. The predicted octanol–water partition coefficient (Wildman–Crippen LogP) is 3.23. The molecule has 0 saturated heterocycles. The zero-order valence-corrected chi connectivity index (χ0v) is 16.9. The van der Waals surface area contributed by atoms with Crippen molar-refractivity contribution in [3.05, 3.63) is 47.8 Å². The summed E-state index contributed by atoms with van der Waals surface area (Å²) in [5.41, 5.74) is 3.01. The smallest absolute Gasteiger partial charge is 0.449 e. The van der Waals surface area contributed by atoms with Crippen molar-refractivity contribution in [3.63, 3.8) is 0 Å². The van der Waals surface area contributed by atoms with Gasteiger partial charge in [-0.1, -0.05) is 12.1 Å². The number of hydrogen-bond donors (Lipinski definition) is 1. The van der Waals surface area contributed by atoms with Gasteiger partial charge in [0.1, 0.15) is 6.54 Å². The zero-order chi connectivity index (χ0) is 22.6. The van der Waals surface area contributed by atoms with Crippen LogP contribution in [0.5, 0.6) is 17.2 Å². The van der Waals surface area contributed by atoms with Crippen LogP contribution >= 0.6 is 0 Å². The first-order chi connectivity index (χ1) is 14.8. The third-order valence-corrected chi connectivity index (χ3v) is 4.34. The van der Waals surface area contributed by atoms with E-state index in [1.807, 2.05) is 0 Å². The molecule has 0 unspecified atom stereocenters. The van der Waals surface area contributed by atoms with E-state index in [0.717, 1.165) is 4.57 Å². The van der Waals surface area contributed by atoms with Crippen LogP contribution in [0, 0.1) is 0 Å². The number of fused-ring (bicyclic) bond motifs is 1. The Bertz CT molecular complexity index is 1130. The van der Waals surface area contributed by atoms with E-state index in [1.54, 1.807) is 24.3 Å². The molecule has 1 aromatic heterocycles. The van der Waals surface area contributed by atoms with Gasteiger partial charge in [0, 0.05) is 5.56 Å². The molecule has 3 aromatic rings. The highest BCUT2D eigenvalue weighted by Crippen LogP contribution is 2.39. The number of aromatic nitrogens is 2. The van der Waals surface area contributed by atoms with Crippen LogP contribution in [0.25, 0.3) is 11.0 Å². The molecule has 11 heteroatoms. The molecule has 0 aliphatic carbocycles. The highest BCUT2D eigenvalue weighted by atomic mass is 19.4. The first-order valence-corrected chi connectivity index (χ1v) is 8.93. The molecule has 0 fully saturated rings. The van der Waals surface area contributed by atoms with Crippen LogP contribution < -0.4 is 19.6 Å². The molecule has 0 atom stereocenters. The number of nitrogens with one attached hydrogen (secondary N) is 1. The summed E-state index contributed by atoms with van der Waals surface area (Å²) in [6.45, 7) is -0.615. The molecule has 0 aliphatic heterocycles. The Labute approximate surface area is 175 Å². The van der Waals surface area contributed by atoms with Gasteiger partial charge < -0.3 is 18.8 Å². The minimum absolute atomic E-state index is 0.140. The monoisotopic (exact) mass is 436 g/mol. The number of hydrazone groups is 1. The summed E-state index contributed by atoms with van der Waals surface area (Å²) in [5.74, 6) is -0.828. The predicted molar refractivity (Wildman–Crippen MR) is 107 cm³/mol. The van der Waals surface area contributed by atoms with E-state index < -0.39 is 24.5 Å². The quantitative estimate of drug-likeness (QED) is 0.454. The number of benzene rings is 2. The molecule has 2 aromatic carbocycles. The Morgan fingerprint density at radius 3 is 2.45 bits per heavy atom. The molecule has 1 heterocycles. The number of methoxy groups -OCH3 is 3. The second-order valence-corrected chi connectivity index (χ2v) is 6.22. The van der Waals surface area contributed by atoms with Gasteiger partial charge in [-0.05, 0) is 24.3 Å². The number of carbonyl (C=O) groups excluding carboxylic acids is 1. The van der Waals surface area contributed by atoms with Gasteiger partial charge in [-0.2, -0.15) is 18.3 Å². The lowest BCUT2D eigenvalue weighted by molar-refractivity contribution is -0.147. The topological polar surface area (TPSA) is 87.0 Å². The number of amides is 1. The van der Waals surface area contributed by atoms with Crippen LogP contribution in [0.4, 0.5) is 13.2 Å². The summed E-state index contributed by atoms with van der Waals surface area (Å²) in [4.78, 5) is 15.9. The lowest BCUT2D eigenvalue weighted by atomic mass is 10.2. The van der Waals surface area contributed by atoms with E-state index in [4.69, 9.17) is 14.2 Å².